The van der Waals surface area contributed by atoms with Gasteiger partial charge < -0.3 is 19.3 Å². The number of nitrogens with one attached hydrogen (secondary N) is 1. The summed E-state index contributed by atoms with van der Waals surface area (Å²) in [6.07, 6.45) is 6.64. The van der Waals surface area contributed by atoms with Crippen molar-refractivity contribution >= 4 is 11.6 Å². The van der Waals surface area contributed by atoms with Crippen LogP contribution in [0.5, 0.6) is 11.5 Å². The van der Waals surface area contributed by atoms with Crippen LogP contribution in [0.25, 0.3) is 17.1 Å². The molecule has 0 aliphatic heterocycles. The zero-order valence-corrected chi connectivity index (χ0v) is 15.7. The van der Waals surface area contributed by atoms with Gasteiger partial charge in [-0.15, -0.1) is 0 Å². The number of hydrogen-bond acceptors (Lipinski definition) is 7. The molecule has 0 saturated heterocycles. The first kappa shape index (κ1) is 18.2. The molecule has 0 atom stereocenters. The Kier molecular flexibility index (Phi) is 4.93. The molecule has 0 spiro atoms. The molecule has 1 aromatic carbocycles. The van der Waals surface area contributed by atoms with E-state index in [0.717, 1.165) is 0 Å². The van der Waals surface area contributed by atoms with Crippen LogP contribution in [0.4, 0.5) is 5.69 Å². The fourth-order valence-corrected chi connectivity index (χ4v) is 2.72. The summed E-state index contributed by atoms with van der Waals surface area (Å²) in [5, 5.41) is 6.60. The third kappa shape index (κ3) is 3.79. The number of nitrogens with zero attached hydrogens (tertiary/aromatic N) is 4. The number of anilines is 1. The van der Waals surface area contributed by atoms with Crippen molar-refractivity contribution < 1.29 is 18.8 Å². The third-order valence-electron chi connectivity index (χ3n) is 4.19. The Bertz CT molecular complexity index is 1120. The lowest BCUT2D eigenvalue weighted by atomic mass is 10.1. The Labute approximate surface area is 165 Å². The minimum atomic E-state index is -0.418. The summed E-state index contributed by atoms with van der Waals surface area (Å²) in [6.45, 7) is 0. The van der Waals surface area contributed by atoms with Gasteiger partial charge in [0, 0.05) is 18.5 Å². The summed E-state index contributed by atoms with van der Waals surface area (Å²) >= 11 is 0. The van der Waals surface area contributed by atoms with Crippen LogP contribution in [0, 0.1) is 0 Å². The van der Waals surface area contributed by atoms with E-state index in [1.54, 1.807) is 80.1 Å². The van der Waals surface area contributed by atoms with Crippen molar-refractivity contribution in [3.8, 4) is 28.6 Å². The van der Waals surface area contributed by atoms with Gasteiger partial charge in [0.25, 0.3) is 5.91 Å². The molecule has 3 heterocycles. The second-order valence-electron chi connectivity index (χ2n) is 5.97. The fourth-order valence-electron chi connectivity index (χ4n) is 2.72. The number of aromatic nitrogens is 4. The summed E-state index contributed by atoms with van der Waals surface area (Å²) in [5.41, 5.74) is 1.29. The molecule has 1 N–H and O–H groups in total. The summed E-state index contributed by atoms with van der Waals surface area (Å²) in [6, 6.07) is 10.3. The lowest BCUT2D eigenvalue weighted by Gasteiger charge is -2.07. The highest BCUT2D eigenvalue weighted by Crippen LogP contribution is 2.33. The number of benzene rings is 1. The number of pyridine rings is 1. The quantitative estimate of drug-likeness (QED) is 0.538. The molecule has 0 fully saturated rings. The van der Waals surface area contributed by atoms with Crippen molar-refractivity contribution in [1.29, 1.82) is 0 Å². The number of methoxy groups -OCH3 is 2. The number of hydrogen-bond donors (Lipinski definition) is 1. The van der Waals surface area contributed by atoms with Gasteiger partial charge in [-0.05, 0) is 30.3 Å². The number of carbonyl (C=O) groups is 1. The molecule has 4 aromatic rings. The number of carbonyl (C=O) groups excluding carboxylic acids is 1. The first-order valence-electron chi connectivity index (χ1n) is 8.63. The Balaban J connectivity index is 1.52. The summed E-state index contributed by atoms with van der Waals surface area (Å²) in [7, 11) is 3.12. The highest BCUT2D eigenvalue weighted by atomic mass is 16.5. The molecular formula is C20H17N5O4. The number of rotatable bonds is 6. The van der Waals surface area contributed by atoms with Crippen molar-refractivity contribution in [2.45, 2.75) is 0 Å². The predicted molar refractivity (Wildman–Crippen MR) is 104 cm³/mol. The van der Waals surface area contributed by atoms with Crippen molar-refractivity contribution in [2.24, 2.45) is 0 Å². The van der Waals surface area contributed by atoms with Crippen molar-refractivity contribution in [2.75, 3.05) is 19.5 Å². The molecule has 0 aliphatic rings. The number of ether oxygens (including phenoxy) is 2. The van der Waals surface area contributed by atoms with Gasteiger partial charge in [0.15, 0.2) is 11.5 Å². The van der Waals surface area contributed by atoms with Crippen molar-refractivity contribution in [3.05, 3.63) is 67.0 Å². The van der Waals surface area contributed by atoms with Crippen LogP contribution in [0.1, 0.15) is 10.5 Å². The molecule has 1 amide bonds. The fraction of sp³-hybridized carbons (Fsp3) is 0.100. The van der Waals surface area contributed by atoms with Crippen LogP contribution in [-0.4, -0.2) is 39.8 Å². The van der Waals surface area contributed by atoms with Gasteiger partial charge in [-0.25, -0.2) is 9.97 Å². The normalized spacial score (nSPS) is 10.6. The van der Waals surface area contributed by atoms with E-state index in [1.165, 1.54) is 0 Å². The van der Waals surface area contributed by atoms with Gasteiger partial charge >= 0.3 is 0 Å². The van der Waals surface area contributed by atoms with E-state index in [1.807, 2.05) is 0 Å². The molecular weight excluding hydrogens is 374 g/mol. The van der Waals surface area contributed by atoms with Crippen LogP contribution in [0.15, 0.2) is 65.8 Å². The molecule has 29 heavy (non-hydrogen) atoms. The maximum atomic E-state index is 12.5. The highest BCUT2D eigenvalue weighted by Gasteiger charge is 2.17. The van der Waals surface area contributed by atoms with Gasteiger partial charge in [-0.2, -0.15) is 0 Å². The van der Waals surface area contributed by atoms with Crippen molar-refractivity contribution in [3.63, 3.8) is 0 Å². The predicted octanol–water partition coefficient (Wildman–Crippen LogP) is 3.19. The molecule has 0 saturated carbocycles. The molecule has 0 unspecified atom stereocenters. The zero-order valence-electron chi connectivity index (χ0n) is 15.7. The monoisotopic (exact) mass is 391 g/mol. The molecule has 0 bridgehead atoms. The first-order valence-corrected chi connectivity index (χ1v) is 8.63. The van der Waals surface area contributed by atoms with E-state index in [4.69, 9.17) is 14.0 Å². The van der Waals surface area contributed by atoms with Crippen molar-refractivity contribution in [1.82, 2.24) is 19.7 Å². The summed E-state index contributed by atoms with van der Waals surface area (Å²) in [5.74, 6) is 1.87. The largest absolute Gasteiger partial charge is 0.497 e. The SMILES string of the molecule is COc1ccc(OC)c(-c2cc(C(=O)Nc3ccc(-n4ccnc4)nc3)no2)c1. The Hall–Kier alpha value is -4.14. The number of imidazole rings is 1. The Morgan fingerprint density at radius 3 is 2.72 bits per heavy atom. The maximum absolute atomic E-state index is 12.5. The average Bonchev–Trinajstić information content (AvgIpc) is 3.46. The van der Waals surface area contributed by atoms with Gasteiger partial charge in [0.2, 0.25) is 0 Å². The topological polar surface area (TPSA) is 104 Å². The van der Waals surface area contributed by atoms with Gasteiger partial charge in [-0.3, -0.25) is 9.36 Å². The minimum Gasteiger partial charge on any atom is -0.497 e. The molecule has 0 radical (unpaired) electrons. The van der Waals surface area contributed by atoms with Gasteiger partial charge in [0.1, 0.15) is 23.6 Å². The molecule has 146 valence electrons. The summed E-state index contributed by atoms with van der Waals surface area (Å²) in [4.78, 5) is 20.8. The van der Waals surface area contributed by atoms with Crippen LogP contribution in [0.2, 0.25) is 0 Å². The molecule has 3 aromatic heterocycles. The Morgan fingerprint density at radius 2 is 2.03 bits per heavy atom. The maximum Gasteiger partial charge on any atom is 0.277 e. The Morgan fingerprint density at radius 1 is 1.14 bits per heavy atom. The second kappa shape index (κ2) is 7.85. The minimum absolute atomic E-state index is 0.128. The van der Waals surface area contributed by atoms with E-state index in [2.05, 4.69) is 20.4 Å². The standard InChI is InChI=1S/C20H17N5O4/c1-27-14-4-5-17(28-2)15(9-14)18-10-16(24-29-18)20(26)23-13-3-6-19(22-11-13)25-8-7-21-12-25/h3-12H,1-2H3,(H,23,26). The molecule has 4 rings (SSSR count). The average molecular weight is 391 g/mol. The molecule has 0 aliphatic carbocycles. The van der Waals surface area contributed by atoms with E-state index in [0.29, 0.717) is 34.3 Å². The van der Waals surface area contributed by atoms with Gasteiger partial charge in [0.05, 0.1) is 31.7 Å². The summed E-state index contributed by atoms with van der Waals surface area (Å²) < 4.78 is 17.7. The second-order valence-corrected chi connectivity index (χ2v) is 5.97. The van der Waals surface area contributed by atoms with E-state index < -0.39 is 5.91 Å². The first-order chi connectivity index (χ1) is 14.2. The lowest BCUT2D eigenvalue weighted by molar-refractivity contribution is 0.101. The zero-order chi connectivity index (χ0) is 20.2. The highest BCUT2D eigenvalue weighted by molar-refractivity contribution is 6.03. The van der Waals surface area contributed by atoms with Gasteiger partial charge in [-0.1, -0.05) is 5.16 Å². The van der Waals surface area contributed by atoms with Crippen LogP contribution in [0.3, 0.4) is 0 Å². The van der Waals surface area contributed by atoms with Crippen LogP contribution >= 0.6 is 0 Å². The van der Waals surface area contributed by atoms with E-state index in [-0.39, 0.29) is 5.69 Å². The smallest absolute Gasteiger partial charge is 0.277 e. The lowest BCUT2D eigenvalue weighted by Crippen LogP contribution is -2.12. The molecule has 9 nitrogen and oxygen atoms in total. The third-order valence-corrected chi connectivity index (χ3v) is 4.19. The van der Waals surface area contributed by atoms with E-state index >= 15 is 0 Å². The van der Waals surface area contributed by atoms with Crippen LogP contribution in [-0.2, 0) is 0 Å². The van der Waals surface area contributed by atoms with E-state index in [9.17, 15) is 4.79 Å². The number of amides is 1. The van der Waals surface area contributed by atoms with Crippen LogP contribution < -0.4 is 14.8 Å². The molecule has 9 heteroatoms.